The molecule has 0 saturated heterocycles. The largest absolute Gasteiger partial charge is 0.496 e. The van der Waals surface area contributed by atoms with Gasteiger partial charge >= 0.3 is 0 Å². The highest BCUT2D eigenvalue weighted by molar-refractivity contribution is 6.30. The third kappa shape index (κ3) is 2.33. The van der Waals surface area contributed by atoms with Gasteiger partial charge < -0.3 is 10.5 Å². The Labute approximate surface area is 102 Å². The first-order valence-electron chi connectivity index (χ1n) is 5.72. The molecule has 0 heterocycles. The molecule has 0 amide bonds. The summed E-state index contributed by atoms with van der Waals surface area (Å²) in [6.45, 7) is 2.21. The zero-order chi connectivity index (χ0) is 11.7. The van der Waals surface area contributed by atoms with Crippen LogP contribution in [-0.2, 0) is 0 Å². The molecule has 2 rings (SSSR count). The summed E-state index contributed by atoms with van der Waals surface area (Å²) in [6, 6.07) is 5.65. The van der Waals surface area contributed by atoms with Gasteiger partial charge in [0.2, 0.25) is 0 Å². The zero-order valence-corrected chi connectivity index (χ0v) is 10.5. The van der Waals surface area contributed by atoms with Crippen molar-refractivity contribution < 1.29 is 4.74 Å². The Morgan fingerprint density at radius 2 is 2.12 bits per heavy atom. The molecule has 2 nitrogen and oxygen atoms in total. The van der Waals surface area contributed by atoms with E-state index in [1.165, 1.54) is 12.8 Å². The highest BCUT2D eigenvalue weighted by atomic mass is 35.5. The number of methoxy groups -OCH3 is 1. The van der Waals surface area contributed by atoms with Crippen LogP contribution in [0.15, 0.2) is 18.2 Å². The van der Waals surface area contributed by atoms with E-state index in [2.05, 4.69) is 6.92 Å². The van der Waals surface area contributed by atoms with Gasteiger partial charge in [0.1, 0.15) is 5.75 Å². The van der Waals surface area contributed by atoms with Crippen molar-refractivity contribution in [3.05, 3.63) is 28.8 Å². The normalized spacial score (nSPS) is 19.2. The molecule has 3 heteroatoms. The first kappa shape index (κ1) is 11.7. The van der Waals surface area contributed by atoms with E-state index < -0.39 is 0 Å². The lowest BCUT2D eigenvalue weighted by Gasteiger charge is -2.22. The van der Waals surface area contributed by atoms with E-state index in [4.69, 9.17) is 22.1 Å². The van der Waals surface area contributed by atoms with Gasteiger partial charge in [-0.05, 0) is 42.9 Å². The molecule has 1 aliphatic carbocycles. The van der Waals surface area contributed by atoms with E-state index in [-0.39, 0.29) is 6.04 Å². The number of ether oxygens (including phenoxy) is 1. The molecule has 1 aromatic carbocycles. The number of nitrogens with two attached hydrogens (primary N) is 1. The van der Waals surface area contributed by atoms with Gasteiger partial charge in [0.15, 0.2) is 0 Å². The Bertz CT molecular complexity index is 376. The van der Waals surface area contributed by atoms with E-state index in [1.807, 2.05) is 18.2 Å². The molecule has 88 valence electrons. The van der Waals surface area contributed by atoms with Crippen molar-refractivity contribution in [2.24, 2.45) is 17.6 Å². The minimum atomic E-state index is 0.0150. The Balaban J connectivity index is 2.26. The van der Waals surface area contributed by atoms with Gasteiger partial charge in [-0.15, -0.1) is 0 Å². The Kier molecular flexibility index (Phi) is 3.41. The Hall–Kier alpha value is -0.730. The molecule has 0 spiro atoms. The first-order valence-corrected chi connectivity index (χ1v) is 6.10. The minimum Gasteiger partial charge on any atom is -0.496 e. The summed E-state index contributed by atoms with van der Waals surface area (Å²) in [7, 11) is 1.67. The summed E-state index contributed by atoms with van der Waals surface area (Å²) in [5, 5.41) is 0.717. The van der Waals surface area contributed by atoms with Gasteiger partial charge in [0, 0.05) is 16.6 Å². The molecule has 1 fully saturated rings. The van der Waals surface area contributed by atoms with E-state index in [0.717, 1.165) is 17.2 Å². The van der Waals surface area contributed by atoms with Crippen LogP contribution in [0, 0.1) is 11.8 Å². The van der Waals surface area contributed by atoms with Crippen molar-refractivity contribution in [1.82, 2.24) is 0 Å². The molecular weight excluding hydrogens is 222 g/mol. The lowest BCUT2D eigenvalue weighted by atomic mass is 9.91. The van der Waals surface area contributed by atoms with Crippen LogP contribution in [0.1, 0.15) is 31.4 Å². The van der Waals surface area contributed by atoms with E-state index in [1.54, 1.807) is 7.11 Å². The van der Waals surface area contributed by atoms with Crippen molar-refractivity contribution in [2.75, 3.05) is 7.11 Å². The lowest BCUT2D eigenvalue weighted by molar-refractivity contribution is 0.376. The maximum atomic E-state index is 6.29. The number of hydrogen-bond acceptors (Lipinski definition) is 2. The summed E-state index contributed by atoms with van der Waals surface area (Å²) in [6.07, 6.45) is 2.61. The molecule has 0 radical (unpaired) electrons. The number of hydrogen-bond donors (Lipinski definition) is 1. The second-order valence-corrected chi connectivity index (χ2v) is 5.05. The van der Waals surface area contributed by atoms with Gasteiger partial charge in [-0.25, -0.2) is 0 Å². The molecule has 0 aromatic heterocycles. The van der Waals surface area contributed by atoms with Gasteiger partial charge in [0.25, 0.3) is 0 Å². The van der Waals surface area contributed by atoms with Gasteiger partial charge in [-0.1, -0.05) is 18.5 Å². The Morgan fingerprint density at radius 1 is 1.44 bits per heavy atom. The highest BCUT2D eigenvalue weighted by Crippen LogP contribution is 2.43. The van der Waals surface area contributed by atoms with Crippen LogP contribution in [0.3, 0.4) is 0 Å². The Morgan fingerprint density at radius 3 is 2.69 bits per heavy atom. The van der Waals surface area contributed by atoms with Crippen molar-refractivity contribution in [3.8, 4) is 5.75 Å². The molecule has 0 bridgehead atoms. The standard InChI is InChI=1S/C13H18ClNO/c1-8(9-3-4-9)13(15)11-7-10(14)5-6-12(11)16-2/h5-9,13H,3-4,15H2,1-2H3. The topological polar surface area (TPSA) is 35.2 Å². The lowest BCUT2D eigenvalue weighted by Crippen LogP contribution is -2.21. The van der Waals surface area contributed by atoms with Crippen molar-refractivity contribution in [2.45, 2.75) is 25.8 Å². The summed E-state index contributed by atoms with van der Waals surface area (Å²) in [5.74, 6) is 2.11. The van der Waals surface area contributed by atoms with Crippen LogP contribution >= 0.6 is 11.6 Å². The van der Waals surface area contributed by atoms with E-state index in [0.29, 0.717) is 10.9 Å². The summed E-state index contributed by atoms with van der Waals surface area (Å²) < 4.78 is 5.33. The fourth-order valence-corrected chi connectivity index (χ4v) is 2.34. The van der Waals surface area contributed by atoms with Gasteiger partial charge in [0.05, 0.1) is 7.11 Å². The predicted octanol–water partition coefficient (Wildman–Crippen LogP) is 3.39. The zero-order valence-electron chi connectivity index (χ0n) is 9.74. The average Bonchev–Trinajstić information content (AvgIpc) is 3.11. The number of rotatable bonds is 4. The third-order valence-electron chi connectivity index (χ3n) is 3.48. The molecular formula is C13H18ClNO. The molecule has 2 N–H and O–H groups in total. The van der Waals surface area contributed by atoms with Crippen molar-refractivity contribution in [1.29, 1.82) is 0 Å². The fraction of sp³-hybridized carbons (Fsp3) is 0.538. The predicted molar refractivity (Wildman–Crippen MR) is 66.8 cm³/mol. The highest BCUT2D eigenvalue weighted by Gasteiger charge is 2.33. The van der Waals surface area contributed by atoms with E-state index >= 15 is 0 Å². The van der Waals surface area contributed by atoms with Crippen LogP contribution in [0.5, 0.6) is 5.75 Å². The molecule has 2 unspecified atom stereocenters. The fourth-order valence-electron chi connectivity index (χ4n) is 2.16. The second kappa shape index (κ2) is 4.64. The van der Waals surface area contributed by atoms with Crippen molar-refractivity contribution >= 4 is 11.6 Å². The van der Waals surface area contributed by atoms with Crippen molar-refractivity contribution in [3.63, 3.8) is 0 Å². The smallest absolute Gasteiger partial charge is 0.123 e. The van der Waals surface area contributed by atoms with Crippen LogP contribution in [-0.4, -0.2) is 7.11 Å². The summed E-state index contributed by atoms with van der Waals surface area (Å²) in [5.41, 5.74) is 7.31. The maximum absolute atomic E-state index is 6.29. The summed E-state index contributed by atoms with van der Waals surface area (Å²) in [4.78, 5) is 0. The molecule has 1 saturated carbocycles. The molecule has 2 atom stereocenters. The average molecular weight is 240 g/mol. The van der Waals surface area contributed by atoms with Crippen LogP contribution in [0.4, 0.5) is 0 Å². The third-order valence-corrected chi connectivity index (χ3v) is 3.72. The SMILES string of the molecule is COc1ccc(Cl)cc1C(N)C(C)C1CC1. The molecule has 1 aromatic rings. The van der Waals surface area contributed by atoms with Crippen LogP contribution < -0.4 is 10.5 Å². The molecule has 0 aliphatic heterocycles. The molecule has 1 aliphatic rings. The second-order valence-electron chi connectivity index (χ2n) is 4.61. The maximum Gasteiger partial charge on any atom is 0.123 e. The number of benzene rings is 1. The quantitative estimate of drug-likeness (QED) is 0.874. The number of halogens is 1. The van der Waals surface area contributed by atoms with Crippen LogP contribution in [0.25, 0.3) is 0 Å². The summed E-state index contributed by atoms with van der Waals surface area (Å²) >= 11 is 6.01. The monoisotopic (exact) mass is 239 g/mol. The van der Waals surface area contributed by atoms with Crippen LogP contribution in [0.2, 0.25) is 5.02 Å². The molecule has 16 heavy (non-hydrogen) atoms. The van der Waals surface area contributed by atoms with Gasteiger partial charge in [-0.2, -0.15) is 0 Å². The van der Waals surface area contributed by atoms with E-state index in [9.17, 15) is 0 Å². The van der Waals surface area contributed by atoms with Gasteiger partial charge in [-0.3, -0.25) is 0 Å². The first-order chi connectivity index (χ1) is 7.63. The minimum absolute atomic E-state index is 0.0150.